The minimum absolute atomic E-state index is 0.0539. The van der Waals surface area contributed by atoms with Gasteiger partial charge in [0.1, 0.15) is 11.8 Å². The van der Waals surface area contributed by atoms with Crippen LogP contribution >= 0.6 is 11.3 Å². The fraction of sp³-hybridized carbons (Fsp3) is 0.263. The Morgan fingerprint density at radius 1 is 1.29 bits per heavy atom. The fourth-order valence-electron chi connectivity index (χ4n) is 2.36. The van der Waals surface area contributed by atoms with Crippen LogP contribution in [0.3, 0.4) is 0 Å². The van der Waals surface area contributed by atoms with E-state index in [2.05, 4.69) is 30.3 Å². The first kappa shape index (κ1) is 27.0. The predicted octanol–water partition coefficient (Wildman–Crippen LogP) is 1.34. The number of ether oxygens (including phenoxy) is 1. The quantitative estimate of drug-likeness (QED) is 0.215. The molecular weight excluding hydrogens is 491 g/mol. The van der Waals surface area contributed by atoms with Crippen molar-refractivity contribution in [2.24, 2.45) is 5.14 Å². The van der Waals surface area contributed by atoms with E-state index in [9.17, 15) is 17.6 Å². The molecule has 2 atom stereocenters. The van der Waals surface area contributed by atoms with Crippen molar-refractivity contribution in [1.29, 1.82) is 0 Å². The van der Waals surface area contributed by atoms with Crippen LogP contribution in [0.15, 0.2) is 35.4 Å². The standard InChI is InChI=1S/C15H15FN6O2S2.C4H8O4/c1-8-13(25-15(18-2)20-8)12-11(16)7-19-14(22-12)21-9-4-3-5-10(6-9)26(17,23)24;1-3(6)4(7)8-2-5/h3-7H,1-2H3,(H,18,20)(H2,17,23,24)(H,19,21,22);2-4,6-7H,1H3. The Balaban J connectivity index is 0.000000440. The van der Waals surface area contributed by atoms with Gasteiger partial charge in [-0.25, -0.2) is 32.9 Å². The normalized spacial score (nSPS) is 12.7. The maximum Gasteiger partial charge on any atom is 0.295 e. The lowest BCUT2D eigenvalue weighted by molar-refractivity contribution is -0.169. The Hall–Kier alpha value is -3.24. The number of nitrogens with one attached hydrogen (secondary N) is 2. The molecule has 0 amide bonds. The molecule has 3 rings (SSSR count). The van der Waals surface area contributed by atoms with Crippen LogP contribution in [0.2, 0.25) is 0 Å². The summed E-state index contributed by atoms with van der Waals surface area (Å²) in [6.07, 6.45) is -1.38. The van der Waals surface area contributed by atoms with Gasteiger partial charge in [-0.15, -0.1) is 0 Å². The van der Waals surface area contributed by atoms with Gasteiger partial charge in [0.15, 0.2) is 10.9 Å². The van der Waals surface area contributed by atoms with Crippen molar-refractivity contribution in [3.05, 3.63) is 42.0 Å². The van der Waals surface area contributed by atoms with Crippen molar-refractivity contribution in [3.8, 4) is 10.6 Å². The first-order valence-electron chi connectivity index (χ1n) is 9.49. The highest BCUT2D eigenvalue weighted by Gasteiger charge is 2.17. The average molecular weight is 515 g/mol. The predicted molar refractivity (Wildman–Crippen MR) is 123 cm³/mol. The summed E-state index contributed by atoms with van der Waals surface area (Å²) in [7, 11) is -2.11. The Labute approximate surface area is 198 Å². The van der Waals surface area contributed by atoms with E-state index in [-0.39, 0.29) is 23.0 Å². The molecule has 6 N–H and O–H groups in total. The van der Waals surface area contributed by atoms with Crippen LogP contribution in [0, 0.1) is 12.7 Å². The number of benzene rings is 1. The molecule has 0 radical (unpaired) electrons. The molecule has 34 heavy (non-hydrogen) atoms. The minimum atomic E-state index is -3.84. The number of hydrogen-bond acceptors (Lipinski definition) is 12. The molecule has 2 unspecified atom stereocenters. The maximum atomic E-state index is 14.2. The highest BCUT2D eigenvalue weighted by atomic mass is 32.2. The van der Waals surface area contributed by atoms with Crippen molar-refractivity contribution >= 4 is 44.6 Å². The summed E-state index contributed by atoms with van der Waals surface area (Å²) in [4.78, 5) is 22.3. The van der Waals surface area contributed by atoms with Crippen LogP contribution < -0.4 is 15.8 Å². The van der Waals surface area contributed by atoms with Crippen LogP contribution in [0.4, 0.5) is 21.2 Å². The number of carbonyl (C=O) groups is 1. The largest absolute Gasteiger partial charge is 0.435 e. The van der Waals surface area contributed by atoms with Crippen LogP contribution in [-0.2, 0) is 19.6 Å². The zero-order valence-corrected chi connectivity index (χ0v) is 19.9. The summed E-state index contributed by atoms with van der Waals surface area (Å²) in [6.45, 7) is 3.16. The maximum absolute atomic E-state index is 14.2. The number of aliphatic hydroxyl groups is 2. The number of sulfonamides is 1. The third-order valence-corrected chi connectivity index (χ3v) is 6.09. The third-order valence-electron chi connectivity index (χ3n) is 4.00. The number of rotatable bonds is 8. The number of nitrogens with zero attached hydrogens (tertiary/aromatic N) is 3. The Morgan fingerprint density at radius 2 is 2.00 bits per heavy atom. The monoisotopic (exact) mass is 514 g/mol. The summed E-state index contributed by atoms with van der Waals surface area (Å²) in [5.74, 6) is -0.463. The minimum Gasteiger partial charge on any atom is -0.435 e. The molecule has 12 nitrogen and oxygen atoms in total. The lowest BCUT2D eigenvalue weighted by atomic mass is 10.3. The molecule has 15 heteroatoms. The van der Waals surface area contributed by atoms with Crippen molar-refractivity contribution in [2.45, 2.75) is 31.1 Å². The summed E-state index contributed by atoms with van der Waals surface area (Å²) < 4.78 is 41.0. The van der Waals surface area contributed by atoms with Gasteiger partial charge in [-0.3, -0.25) is 4.79 Å². The zero-order chi connectivity index (χ0) is 25.5. The van der Waals surface area contributed by atoms with E-state index in [1.54, 1.807) is 20.0 Å². The van der Waals surface area contributed by atoms with E-state index >= 15 is 0 Å². The van der Waals surface area contributed by atoms with Crippen molar-refractivity contribution in [1.82, 2.24) is 15.0 Å². The number of hydrogen-bond donors (Lipinski definition) is 5. The summed E-state index contributed by atoms with van der Waals surface area (Å²) >= 11 is 1.27. The number of thiazole rings is 1. The number of halogens is 1. The summed E-state index contributed by atoms with van der Waals surface area (Å²) in [5.41, 5.74) is 1.16. The second-order valence-electron chi connectivity index (χ2n) is 6.64. The van der Waals surface area contributed by atoms with E-state index in [1.807, 2.05) is 0 Å². The van der Waals surface area contributed by atoms with Crippen LogP contribution in [-0.4, -0.2) is 59.5 Å². The lowest BCUT2D eigenvalue weighted by Crippen LogP contribution is -2.24. The molecule has 3 aromatic rings. The first-order valence-corrected chi connectivity index (χ1v) is 11.9. The van der Waals surface area contributed by atoms with Crippen molar-refractivity contribution < 1.29 is 32.6 Å². The number of aliphatic hydroxyl groups excluding tert-OH is 2. The Bertz CT molecular complexity index is 1240. The van der Waals surface area contributed by atoms with Gasteiger partial charge < -0.3 is 25.6 Å². The summed E-state index contributed by atoms with van der Waals surface area (Å²) in [6, 6.07) is 5.87. The molecule has 0 aliphatic rings. The van der Waals surface area contributed by atoms with Crippen LogP contribution in [0.25, 0.3) is 10.6 Å². The van der Waals surface area contributed by atoms with E-state index in [1.165, 1.54) is 36.5 Å². The van der Waals surface area contributed by atoms with Gasteiger partial charge in [0.05, 0.1) is 21.7 Å². The topological polar surface area (TPSA) is 190 Å². The third kappa shape index (κ3) is 7.39. The van der Waals surface area contributed by atoms with E-state index in [0.29, 0.717) is 21.4 Å². The Kier molecular flexibility index (Phi) is 9.34. The first-order chi connectivity index (χ1) is 16.0. The molecule has 0 saturated carbocycles. The summed E-state index contributed by atoms with van der Waals surface area (Å²) in [5, 5.41) is 28.4. The zero-order valence-electron chi connectivity index (χ0n) is 18.3. The van der Waals surface area contributed by atoms with Crippen LogP contribution in [0.5, 0.6) is 0 Å². The smallest absolute Gasteiger partial charge is 0.295 e. The van der Waals surface area contributed by atoms with E-state index < -0.39 is 28.2 Å². The van der Waals surface area contributed by atoms with Gasteiger partial charge >= 0.3 is 0 Å². The van der Waals surface area contributed by atoms with Gasteiger partial charge in [-0.2, -0.15) is 0 Å². The SMILES string of the molecule is CC(O)C(O)OC=O.CNc1nc(C)c(-c2nc(Nc3cccc(S(N)(=O)=O)c3)ncc2F)s1. The molecule has 0 aliphatic carbocycles. The molecule has 184 valence electrons. The van der Waals surface area contributed by atoms with Crippen molar-refractivity contribution in [3.63, 3.8) is 0 Å². The van der Waals surface area contributed by atoms with Gasteiger partial charge in [-0.1, -0.05) is 17.4 Å². The van der Waals surface area contributed by atoms with Crippen LogP contribution in [0.1, 0.15) is 12.6 Å². The molecule has 0 spiro atoms. The number of aryl methyl sites for hydroxylation is 1. The van der Waals surface area contributed by atoms with Gasteiger partial charge in [0.2, 0.25) is 22.3 Å². The molecule has 2 heterocycles. The average Bonchev–Trinajstić information content (AvgIpc) is 3.16. The molecule has 0 fully saturated rings. The number of primary sulfonamides is 1. The molecule has 0 saturated heterocycles. The number of anilines is 3. The van der Waals surface area contributed by atoms with Gasteiger partial charge in [-0.05, 0) is 32.0 Å². The van der Waals surface area contributed by atoms with Gasteiger partial charge in [0, 0.05) is 12.7 Å². The second-order valence-corrected chi connectivity index (χ2v) is 9.20. The number of aromatic nitrogens is 3. The highest BCUT2D eigenvalue weighted by Crippen LogP contribution is 2.33. The lowest BCUT2D eigenvalue weighted by Gasteiger charge is -2.09. The van der Waals surface area contributed by atoms with Gasteiger partial charge in [0.25, 0.3) is 6.47 Å². The van der Waals surface area contributed by atoms with Crippen molar-refractivity contribution in [2.75, 3.05) is 17.7 Å². The molecule has 1 aromatic carbocycles. The second kappa shape index (κ2) is 11.8. The number of nitrogens with two attached hydrogens (primary N) is 1. The number of carbonyl (C=O) groups excluding carboxylic acids is 1. The highest BCUT2D eigenvalue weighted by molar-refractivity contribution is 7.89. The Morgan fingerprint density at radius 3 is 2.53 bits per heavy atom. The molecular formula is C19H23FN6O6S2. The fourth-order valence-corrected chi connectivity index (χ4v) is 3.83. The molecule has 0 aliphatic heterocycles. The van der Waals surface area contributed by atoms with E-state index in [0.717, 1.165) is 6.20 Å². The molecule has 2 aromatic heterocycles. The molecule has 0 bridgehead atoms. The van der Waals surface area contributed by atoms with E-state index in [4.69, 9.17) is 15.4 Å².